The van der Waals surface area contributed by atoms with Crippen LogP contribution in [0.5, 0.6) is 0 Å². The Morgan fingerprint density at radius 2 is 2.00 bits per heavy atom. The fraction of sp³-hybridized carbons (Fsp3) is 0.818. The molecule has 1 unspecified atom stereocenters. The van der Waals surface area contributed by atoms with Crippen molar-refractivity contribution in [3.63, 3.8) is 0 Å². The number of amides is 1. The Balaban J connectivity index is 2.25. The third-order valence-corrected chi connectivity index (χ3v) is 2.88. The summed E-state index contributed by atoms with van der Waals surface area (Å²) in [6, 6.07) is -0.538. The van der Waals surface area contributed by atoms with Crippen molar-refractivity contribution in [3.05, 3.63) is 0 Å². The van der Waals surface area contributed by atoms with Gasteiger partial charge in [0.25, 0.3) is 0 Å². The Labute approximate surface area is 90.4 Å². The molecule has 0 heterocycles. The van der Waals surface area contributed by atoms with Crippen LogP contribution in [0.3, 0.4) is 0 Å². The summed E-state index contributed by atoms with van der Waals surface area (Å²) in [6.07, 6.45) is 5.27. The van der Waals surface area contributed by atoms with Crippen LogP contribution >= 0.6 is 0 Å². The standard InChI is InChI=1S/C11H19NO3/c1-8(11(14)15-2)12-10(13)7-9-5-3-4-6-9/h8-9H,3-7H2,1-2H3,(H,12,13). The molecule has 4 heteroatoms. The zero-order valence-corrected chi connectivity index (χ0v) is 9.41. The molecule has 0 spiro atoms. The van der Waals surface area contributed by atoms with Crippen LogP contribution in [0.2, 0.25) is 0 Å². The molecule has 1 aliphatic rings. The first-order chi connectivity index (χ1) is 7.13. The van der Waals surface area contributed by atoms with Gasteiger partial charge in [0.05, 0.1) is 7.11 Å². The number of hydrogen-bond donors (Lipinski definition) is 1. The van der Waals surface area contributed by atoms with Crippen LogP contribution in [0, 0.1) is 5.92 Å². The fourth-order valence-electron chi connectivity index (χ4n) is 2.01. The summed E-state index contributed by atoms with van der Waals surface area (Å²) in [4.78, 5) is 22.6. The molecule has 0 aromatic heterocycles. The molecule has 1 amide bonds. The van der Waals surface area contributed by atoms with E-state index in [0.717, 1.165) is 12.8 Å². The zero-order chi connectivity index (χ0) is 11.3. The van der Waals surface area contributed by atoms with Crippen molar-refractivity contribution in [2.75, 3.05) is 7.11 Å². The van der Waals surface area contributed by atoms with Gasteiger partial charge >= 0.3 is 5.97 Å². The van der Waals surface area contributed by atoms with E-state index in [1.54, 1.807) is 6.92 Å². The minimum atomic E-state index is -0.538. The topological polar surface area (TPSA) is 55.4 Å². The average molecular weight is 213 g/mol. The number of ether oxygens (including phenoxy) is 1. The van der Waals surface area contributed by atoms with Crippen molar-refractivity contribution >= 4 is 11.9 Å². The summed E-state index contributed by atoms with van der Waals surface area (Å²) in [6.45, 7) is 1.64. The van der Waals surface area contributed by atoms with Gasteiger partial charge in [0.15, 0.2) is 0 Å². The Morgan fingerprint density at radius 3 is 2.53 bits per heavy atom. The molecule has 0 radical (unpaired) electrons. The van der Waals surface area contributed by atoms with Crippen molar-refractivity contribution in [3.8, 4) is 0 Å². The van der Waals surface area contributed by atoms with Crippen LogP contribution in [0.25, 0.3) is 0 Å². The van der Waals surface area contributed by atoms with Gasteiger partial charge in [-0.25, -0.2) is 4.79 Å². The number of carbonyl (C=O) groups is 2. The average Bonchev–Trinajstić information content (AvgIpc) is 2.68. The lowest BCUT2D eigenvalue weighted by molar-refractivity contribution is -0.144. The molecule has 4 nitrogen and oxygen atoms in total. The van der Waals surface area contributed by atoms with Crippen LogP contribution in [0.15, 0.2) is 0 Å². The Hall–Kier alpha value is -1.06. The van der Waals surface area contributed by atoms with Crippen molar-refractivity contribution in [1.29, 1.82) is 0 Å². The second-order valence-corrected chi connectivity index (χ2v) is 4.17. The number of hydrogen-bond acceptors (Lipinski definition) is 3. The van der Waals surface area contributed by atoms with Crippen molar-refractivity contribution < 1.29 is 14.3 Å². The Morgan fingerprint density at radius 1 is 1.40 bits per heavy atom. The van der Waals surface area contributed by atoms with Gasteiger partial charge < -0.3 is 10.1 Å². The molecule has 1 saturated carbocycles. The minimum Gasteiger partial charge on any atom is -0.467 e. The summed E-state index contributed by atoms with van der Waals surface area (Å²) in [7, 11) is 1.32. The van der Waals surface area contributed by atoms with Crippen LogP contribution in [-0.4, -0.2) is 25.0 Å². The second kappa shape index (κ2) is 5.73. The number of carbonyl (C=O) groups excluding carboxylic acids is 2. The maximum atomic E-state index is 11.5. The normalized spacial score (nSPS) is 18.5. The summed E-state index contributed by atoms with van der Waals surface area (Å²) >= 11 is 0. The van der Waals surface area contributed by atoms with E-state index in [0.29, 0.717) is 12.3 Å². The van der Waals surface area contributed by atoms with Crippen molar-refractivity contribution in [1.82, 2.24) is 5.32 Å². The van der Waals surface area contributed by atoms with E-state index in [-0.39, 0.29) is 5.91 Å². The summed E-state index contributed by atoms with van der Waals surface area (Å²) in [5.74, 6) is 0.0735. The molecule has 0 bridgehead atoms. The number of esters is 1. The van der Waals surface area contributed by atoms with Crippen LogP contribution in [0.4, 0.5) is 0 Å². The van der Waals surface area contributed by atoms with Gasteiger partial charge in [0.1, 0.15) is 6.04 Å². The lowest BCUT2D eigenvalue weighted by Gasteiger charge is -2.13. The number of methoxy groups -OCH3 is 1. The molecule has 1 aliphatic carbocycles. The lowest BCUT2D eigenvalue weighted by Crippen LogP contribution is -2.39. The molecule has 1 fully saturated rings. The monoisotopic (exact) mass is 213 g/mol. The molecule has 1 N–H and O–H groups in total. The highest BCUT2D eigenvalue weighted by Gasteiger charge is 2.21. The van der Waals surface area contributed by atoms with Gasteiger partial charge in [-0.1, -0.05) is 12.8 Å². The molecule has 86 valence electrons. The first-order valence-electron chi connectivity index (χ1n) is 5.50. The Bertz CT molecular complexity index is 234. The SMILES string of the molecule is COC(=O)C(C)NC(=O)CC1CCCC1. The maximum Gasteiger partial charge on any atom is 0.328 e. The summed E-state index contributed by atoms with van der Waals surface area (Å²) in [5, 5.41) is 2.64. The predicted octanol–water partition coefficient (Wildman–Crippen LogP) is 1.24. The van der Waals surface area contributed by atoms with Crippen LogP contribution < -0.4 is 5.32 Å². The van der Waals surface area contributed by atoms with E-state index in [1.807, 2.05) is 0 Å². The van der Waals surface area contributed by atoms with Gasteiger partial charge in [-0.05, 0) is 25.7 Å². The van der Waals surface area contributed by atoms with E-state index in [2.05, 4.69) is 10.1 Å². The van der Waals surface area contributed by atoms with Gasteiger partial charge in [-0.3, -0.25) is 4.79 Å². The zero-order valence-electron chi connectivity index (χ0n) is 9.41. The minimum absolute atomic E-state index is 0.0419. The molecule has 0 saturated heterocycles. The second-order valence-electron chi connectivity index (χ2n) is 4.17. The molecule has 1 atom stereocenters. The first kappa shape index (κ1) is 12.0. The van der Waals surface area contributed by atoms with Crippen molar-refractivity contribution in [2.24, 2.45) is 5.92 Å². The van der Waals surface area contributed by atoms with Gasteiger partial charge in [0, 0.05) is 6.42 Å². The predicted molar refractivity (Wildman–Crippen MR) is 56.2 cm³/mol. The first-order valence-corrected chi connectivity index (χ1v) is 5.50. The van der Waals surface area contributed by atoms with E-state index in [9.17, 15) is 9.59 Å². The smallest absolute Gasteiger partial charge is 0.328 e. The van der Waals surface area contributed by atoms with Crippen LogP contribution in [-0.2, 0) is 14.3 Å². The van der Waals surface area contributed by atoms with Crippen molar-refractivity contribution in [2.45, 2.75) is 45.1 Å². The molecular formula is C11H19NO3. The molecule has 1 rings (SSSR count). The van der Waals surface area contributed by atoms with Gasteiger partial charge in [0.2, 0.25) is 5.91 Å². The van der Waals surface area contributed by atoms with E-state index >= 15 is 0 Å². The highest BCUT2D eigenvalue weighted by molar-refractivity contribution is 5.84. The van der Waals surface area contributed by atoms with E-state index < -0.39 is 12.0 Å². The quantitative estimate of drug-likeness (QED) is 0.715. The number of rotatable bonds is 4. The third-order valence-electron chi connectivity index (χ3n) is 2.88. The Kier molecular flexibility index (Phi) is 4.59. The molecular weight excluding hydrogens is 194 g/mol. The lowest BCUT2D eigenvalue weighted by atomic mass is 10.0. The highest BCUT2D eigenvalue weighted by Crippen LogP contribution is 2.27. The van der Waals surface area contributed by atoms with Gasteiger partial charge in [-0.2, -0.15) is 0 Å². The van der Waals surface area contributed by atoms with Crippen LogP contribution in [0.1, 0.15) is 39.0 Å². The van der Waals surface area contributed by atoms with E-state index in [1.165, 1.54) is 20.0 Å². The largest absolute Gasteiger partial charge is 0.467 e. The molecule has 0 aliphatic heterocycles. The summed E-state index contributed by atoms with van der Waals surface area (Å²) in [5.41, 5.74) is 0. The molecule has 15 heavy (non-hydrogen) atoms. The van der Waals surface area contributed by atoms with Gasteiger partial charge in [-0.15, -0.1) is 0 Å². The highest BCUT2D eigenvalue weighted by atomic mass is 16.5. The molecule has 0 aromatic rings. The number of nitrogens with one attached hydrogen (secondary N) is 1. The third kappa shape index (κ3) is 3.90. The maximum absolute atomic E-state index is 11.5. The molecule has 0 aromatic carbocycles. The summed E-state index contributed by atoms with van der Waals surface area (Å²) < 4.78 is 4.53. The fourth-order valence-corrected chi connectivity index (χ4v) is 2.01. The van der Waals surface area contributed by atoms with E-state index in [4.69, 9.17) is 0 Å².